The Morgan fingerprint density at radius 3 is 1.80 bits per heavy atom. The van der Waals surface area contributed by atoms with E-state index in [1.54, 1.807) is 0 Å². The summed E-state index contributed by atoms with van der Waals surface area (Å²) in [6, 6.07) is -1.44. The van der Waals surface area contributed by atoms with Crippen molar-refractivity contribution in [3.05, 3.63) is 0 Å². The smallest absolute Gasteiger partial charge is 0.338 e. The van der Waals surface area contributed by atoms with Crippen LogP contribution in [0.25, 0.3) is 0 Å². The van der Waals surface area contributed by atoms with Crippen LogP contribution in [0.5, 0.6) is 0 Å². The first-order valence-electron chi connectivity index (χ1n) is 3.95. The van der Waals surface area contributed by atoms with E-state index in [1.165, 1.54) is 21.6 Å². The molecule has 2 atom stereocenters. The molecule has 0 saturated carbocycles. The first-order valence-corrected chi connectivity index (χ1v) is 7.11. The van der Waals surface area contributed by atoms with Crippen LogP contribution in [0.3, 0.4) is 0 Å². The Hall–Kier alpha value is -0.0900. The number of carbonyl (C=O) groups is 2. The molecule has 0 aliphatic carbocycles. The molecule has 86 valence electrons. The number of hydrogen-bond donors (Lipinski definition) is 2. The molecule has 15 heavy (non-hydrogen) atoms. The van der Waals surface area contributed by atoms with Crippen LogP contribution in [0.4, 0.5) is 0 Å². The van der Waals surface area contributed by atoms with Crippen LogP contribution >= 0.6 is 33.9 Å². The SMILES string of the molecule is NC1CSSCC(N)C(=O)OSOC1=O. The molecule has 0 bridgehead atoms. The third-order valence-corrected chi connectivity index (χ3v) is 4.35. The van der Waals surface area contributed by atoms with Gasteiger partial charge in [-0.15, -0.1) is 0 Å². The van der Waals surface area contributed by atoms with Crippen LogP contribution in [-0.4, -0.2) is 35.5 Å². The summed E-state index contributed by atoms with van der Waals surface area (Å²) in [4.78, 5) is 22.2. The van der Waals surface area contributed by atoms with Gasteiger partial charge in [0.25, 0.3) is 12.3 Å². The van der Waals surface area contributed by atoms with Gasteiger partial charge in [-0.05, 0) is 0 Å². The lowest BCUT2D eigenvalue weighted by molar-refractivity contribution is -0.136. The van der Waals surface area contributed by atoms with Gasteiger partial charge in [0, 0.05) is 11.5 Å². The summed E-state index contributed by atoms with van der Waals surface area (Å²) in [5, 5.41) is 0. The van der Waals surface area contributed by atoms with E-state index >= 15 is 0 Å². The Morgan fingerprint density at radius 1 is 1.00 bits per heavy atom. The number of rotatable bonds is 0. The van der Waals surface area contributed by atoms with Crippen molar-refractivity contribution in [1.29, 1.82) is 0 Å². The van der Waals surface area contributed by atoms with Gasteiger partial charge in [-0.2, -0.15) is 0 Å². The average Bonchev–Trinajstić information content (AvgIpc) is 2.23. The van der Waals surface area contributed by atoms with Crippen molar-refractivity contribution in [2.24, 2.45) is 11.5 Å². The summed E-state index contributed by atoms with van der Waals surface area (Å²) in [5.74, 6) is -0.414. The fourth-order valence-electron chi connectivity index (χ4n) is 0.587. The number of carbonyl (C=O) groups excluding carboxylic acids is 2. The highest BCUT2D eigenvalue weighted by Crippen LogP contribution is 2.24. The van der Waals surface area contributed by atoms with Crippen molar-refractivity contribution in [2.75, 3.05) is 11.5 Å². The lowest BCUT2D eigenvalue weighted by atomic mass is 10.4. The zero-order valence-corrected chi connectivity index (χ0v) is 10.0. The van der Waals surface area contributed by atoms with Crippen LogP contribution in [0.15, 0.2) is 0 Å². The molecule has 0 aromatic rings. The molecule has 1 rings (SSSR count). The molecule has 6 nitrogen and oxygen atoms in total. The van der Waals surface area contributed by atoms with E-state index in [4.69, 9.17) is 11.5 Å². The Bertz CT molecular complexity index is 229. The minimum Gasteiger partial charge on any atom is -0.353 e. The zero-order valence-electron chi connectivity index (χ0n) is 7.58. The molecule has 1 fully saturated rings. The van der Waals surface area contributed by atoms with Gasteiger partial charge < -0.3 is 19.8 Å². The lowest BCUT2D eigenvalue weighted by Crippen LogP contribution is -2.33. The lowest BCUT2D eigenvalue weighted by Gasteiger charge is -2.06. The van der Waals surface area contributed by atoms with Crippen molar-refractivity contribution in [3.8, 4) is 0 Å². The Balaban J connectivity index is 2.50. The second-order valence-corrected chi connectivity index (χ2v) is 5.68. The maximum absolute atomic E-state index is 11.1. The largest absolute Gasteiger partial charge is 0.353 e. The summed E-state index contributed by atoms with van der Waals surface area (Å²) in [7, 11) is 2.74. The van der Waals surface area contributed by atoms with Crippen molar-refractivity contribution in [1.82, 2.24) is 0 Å². The highest BCUT2D eigenvalue weighted by atomic mass is 33.1. The fraction of sp³-hybridized carbons (Fsp3) is 0.667. The Labute approximate surface area is 99.0 Å². The number of hydrogen-bond acceptors (Lipinski definition) is 9. The maximum atomic E-state index is 11.1. The molecule has 1 aliphatic heterocycles. The predicted octanol–water partition coefficient (Wildman–Crippen LogP) is -0.314. The molecule has 1 heterocycles. The minimum atomic E-state index is -0.719. The van der Waals surface area contributed by atoms with Crippen molar-refractivity contribution < 1.29 is 18.0 Å². The average molecular weight is 270 g/mol. The van der Waals surface area contributed by atoms with E-state index in [-0.39, 0.29) is 0 Å². The van der Waals surface area contributed by atoms with E-state index in [9.17, 15) is 9.59 Å². The van der Waals surface area contributed by atoms with E-state index in [0.717, 1.165) is 0 Å². The minimum absolute atomic E-state index is 0.307. The van der Waals surface area contributed by atoms with Gasteiger partial charge >= 0.3 is 11.9 Å². The third kappa shape index (κ3) is 4.51. The zero-order chi connectivity index (χ0) is 11.3. The third-order valence-electron chi connectivity index (χ3n) is 1.42. The second kappa shape index (κ2) is 6.48. The van der Waals surface area contributed by atoms with Crippen LogP contribution in [0.1, 0.15) is 0 Å². The second-order valence-electron chi connectivity index (χ2n) is 2.65. The highest BCUT2D eigenvalue weighted by molar-refractivity contribution is 8.76. The molecule has 9 heteroatoms. The van der Waals surface area contributed by atoms with Crippen molar-refractivity contribution in [2.45, 2.75) is 12.1 Å². The van der Waals surface area contributed by atoms with E-state index in [0.29, 0.717) is 23.8 Å². The monoisotopic (exact) mass is 270 g/mol. The summed E-state index contributed by atoms with van der Waals surface area (Å²) in [6.07, 6.45) is 0. The van der Waals surface area contributed by atoms with Crippen LogP contribution in [-0.2, 0) is 18.0 Å². The quantitative estimate of drug-likeness (QED) is 0.452. The van der Waals surface area contributed by atoms with E-state index < -0.39 is 24.0 Å². The van der Waals surface area contributed by atoms with Crippen molar-refractivity contribution in [3.63, 3.8) is 0 Å². The van der Waals surface area contributed by atoms with Gasteiger partial charge in [0.05, 0.1) is 0 Å². The molecule has 0 amide bonds. The Kier molecular flexibility index (Phi) is 5.61. The van der Waals surface area contributed by atoms with Gasteiger partial charge in [-0.25, -0.2) is 9.59 Å². The number of nitrogens with two attached hydrogens (primary N) is 2. The fourth-order valence-corrected chi connectivity index (χ4v) is 3.22. The molecule has 0 spiro atoms. The summed E-state index contributed by atoms with van der Waals surface area (Å²) >= 11 is 0.307. The van der Waals surface area contributed by atoms with Crippen molar-refractivity contribution >= 4 is 45.9 Å². The van der Waals surface area contributed by atoms with Crippen LogP contribution < -0.4 is 11.5 Å². The summed E-state index contributed by atoms with van der Waals surface area (Å²) in [5.41, 5.74) is 11.0. The van der Waals surface area contributed by atoms with Gasteiger partial charge in [0.15, 0.2) is 0 Å². The maximum Gasteiger partial charge on any atom is 0.338 e. The molecule has 0 aromatic carbocycles. The van der Waals surface area contributed by atoms with Crippen LogP contribution in [0.2, 0.25) is 0 Å². The first kappa shape index (κ1) is 13.0. The van der Waals surface area contributed by atoms with E-state index in [1.807, 2.05) is 0 Å². The molecule has 0 radical (unpaired) electrons. The van der Waals surface area contributed by atoms with E-state index in [2.05, 4.69) is 8.37 Å². The molecule has 4 N–H and O–H groups in total. The topological polar surface area (TPSA) is 105 Å². The molecule has 2 unspecified atom stereocenters. The standard InChI is InChI=1S/C6H10N2O4S3/c7-3-1-13-14-2-4(8)6(10)12-15-11-5(3)9/h3-4H,1-2,7-8H2. The highest BCUT2D eigenvalue weighted by Gasteiger charge is 2.22. The van der Waals surface area contributed by atoms with Gasteiger partial charge in [-0.3, -0.25) is 0 Å². The normalized spacial score (nSPS) is 30.0. The predicted molar refractivity (Wildman–Crippen MR) is 60.6 cm³/mol. The molecule has 1 saturated heterocycles. The first-order chi connectivity index (χ1) is 7.11. The Morgan fingerprint density at radius 2 is 1.40 bits per heavy atom. The van der Waals surface area contributed by atoms with Gasteiger partial charge in [0.1, 0.15) is 12.1 Å². The summed E-state index contributed by atoms with van der Waals surface area (Å²) in [6.45, 7) is 0. The van der Waals surface area contributed by atoms with Gasteiger partial charge in [-0.1, -0.05) is 21.6 Å². The molecule has 0 aromatic heterocycles. The molecular weight excluding hydrogens is 260 g/mol. The molecular formula is C6H10N2O4S3. The summed E-state index contributed by atoms with van der Waals surface area (Å²) < 4.78 is 9.07. The van der Waals surface area contributed by atoms with Gasteiger partial charge in [0.2, 0.25) is 0 Å². The molecule has 1 aliphatic rings. The van der Waals surface area contributed by atoms with Crippen LogP contribution in [0, 0.1) is 0 Å².